The second-order valence-electron chi connectivity index (χ2n) is 6.02. The van der Waals surface area contributed by atoms with Gasteiger partial charge in [0.1, 0.15) is 5.75 Å². The van der Waals surface area contributed by atoms with Crippen molar-refractivity contribution in [1.82, 2.24) is 5.32 Å². The fourth-order valence-corrected chi connectivity index (χ4v) is 3.18. The van der Waals surface area contributed by atoms with Gasteiger partial charge in [-0.25, -0.2) is 0 Å². The molecule has 0 aliphatic heterocycles. The van der Waals surface area contributed by atoms with Gasteiger partial charge in [0.2, 0.25) is 0 Å². The number of benzene rings is 3. The lowest BCUT2D eigenvalue weighted by Gasteiger charge is -2.22. The Morgan fingerprint density at radius 1 is 1.00 bits per heavy atom. The summed E-state index contributed by atoms with van der Waals surface area (Å²) in [5, 5.41) is 3.54. The van der Waals surface area contributed by atoms with Crippen molar-refractivity contribution in [2.75, 3.05) is 7.11 Å². The minimum Gasteiger partial charge on any atom is -0.495 e. The van der Waals surface area contributed by atoms with Crippen molar-refractivity contribution in [1.29, 1.82) is 0 Å². The van der Waals surface area contributed by atoms with Crippen molar-refractivity contribution in [3.63, 3.8) is 0 Å². The zero-order chi connectivity index (χ0) is 18.5. The van der Waals surface area contributed by atoms with E-state index in [-0.39, 0.29) is 11.9 Å². The number of hydrogen-bond acceptors (Lipinski definition) is 2. The fourth-order valence-electron chi connectivity index (χ4n) is 2.92. The summed E-state index contributed by atoms with van der Waals surface area (Å²) in [4.78, 5) is 12.9. The van der Waals surface area contributed by atoms with E-state index in [0.29, 0.717) is 16.3 Å². The van der Waals surface area contributed by atoms with Gasteiger partial charge in [0.25, 0.3) is 5.91 Å². The third-order valence-corrected chi connectivity index (χ3v) is 4.62. The van der Waals surface area contributed by atoms with E-state index in [1.54, 1.807) is 25.3 Å². The monoisotopic (exact) mass is 365 g/mol. The Bertz CT molecular complexity index is 909. The quantitative estimate of drug-likeness (QED) is 0.676. The van der Waals surface area contributed by atoms with Gasteiger partial charge in [-0.1, -0.05) is 66.2 Å². The van der Waals surface area contributed by atoms with Gasteiger partial charge in [-0.05, 0) is 41.8 Å². The van der Waals surface area contributed by atoms with Crippen LogP contribution in [0.25, 0.3) is 0 Å². The first-order valence-corrected chi connectivity index (χ1v) is 8.73. The molecule has 0 spiro atoms. The fraction of sp³-hybridized carbons (Fsp3) is 0.136. The third kappa shape index (κ3) is 3.89. The van der Waals surface area contributed by atoms with E-state index in [4.69, 9.17) is 16.3 Å². The Hall–Kier alpha value is -2.78. The molecule has 0 aliphatic rings. The molecule has 0 saturated heterocycles. The zero-order valence-electron chi connectivity index (χ0n) is 14.7. The summed E-state index contributed by atoms with van der Waals surface area (Å²) in [6.07, 6.45) is 0. The van der Waals surface area contributed by atoms with E-state index in [1.165, 1.54) is 0 Å². The highest BCUT2D eigenvalue weighted by Crippen LogP contribution is 2.27. The Morgan fingerprint density at radius 3 is 2.35 bits per heavy atom. The lowest BCUT2D eigenvalue weighted by molar-refractivity contribution is 0.0943. The SMILES string of the molecule is COc1ccc(C(=O)N[C@H](c2ccccc2)c2ccccc2C)cc1Cl. The highest BCUT2D eigenvalue weighted by molar-refractivity contribution is 6.32. The van der Waals surface area contributed by atoms with Crippen molar-refractivity contribution >= 4 is 17.5 Å². The van der Waals surface area contributed by atoms with Gasteiger partial charge < -0.3 is 10.1 Å². The lowest BCUT2D eigenvalue weighted by atomic mass is 9.94. The van der Waals surface area contributed by atoms with Crippen molar-refractivity contribution in [3.8, 4) is 5.75 Å². The van der Waals surface area contributed by atoms with Gasteiger partial charge >= 0.3 is 0 Å². The topological polar surface area (TPSA) is 38.3 Å². The van der Waals surface area contributed by atoms with E-state index in [0.717, 1.165) is 16.7 Å². The van der Waals surface area contributed by atoms with Gasteiger partial charge in [-0.15, -0.1) is 0 Å². The van der Waals surface area contributed by atoms with Gasteiger partial charge in [-0.2, -0.15) is 0 Å². The largest absolute Gasteiger partial charge is 0.495 e. The van der Waals surface area contributed by atoms with Crippen LogP contribution in [0.15, 0.2) is 72.8 Å². The number of methoxy groups -OCH3 is 1. The summed E-state index contributed by atoms with van der Waals surface area (Å²) in [7, 11) is 1.55. The number of aryl methyl sites for hydroxylation is 1. The van der Waals surface area contributed by atoms with Gasteiger partial charge in [0.15, 0.2) is 0 Å². The van der Waals surface area contributed by atoms with Crippen molar-refractivity contribution < 1.29 is 9.53 Å². The average molecular weight is 366 g/mol. The zero-order valence-corrected chi connectivity index (χ0v) is 15.5. The van der Waals surface area contributed by atoms with Crippen LogP contribution in [-0.4, -0.2) is 13.0 Å². The highest BCUT2D eigenvalue weighted by atomic mass is 35.5. The molecule has 0 aromatic heterocycles. The molecule has 26 heavy (non-hydrogen) atoms. The van der Waals surface area contributed by atoms with Crippen LogP contribution in [0.3, 0.4) is 0 Å². The van der Waals surface area contributed by atoms with Gasteiger partial charge in [0.05, 0.1) is 18.2 Å². The summed E-state index contributed by atoms with van der Waals surface area (Å²) in [5.41, 5.74) is 3.70. The first kappa shape index (κ1) is 18.0. The molecule has 0 unspecified atom stereocenters. The molecule has 1 amide bonds. The summed E-state index contributed by atoms with van der Waals surface area (Å²) >= 11 is 6.16. The molecule has 0 fully saturated rings. The van der Waals surface area contributed by atoms with Crippen LogP contribution in [0.4, 0.5) is 0 Å². The number of hydrogen-bond donors (Lipinski definition) is 1. The number of rotatable bonds is 5. The average Bonchev–Trinajstić information content (AvgIpc) is 2.67. The molecule has 1 atom stereocenters. The molecule has 0 bridgehead atoms. The molecule has 0 heterocycles. The van der Waals surface area contributed by atoms with Gasteiger partial charge in [0, 0.05) is 5.56 Å². The van der Waals surface area contributed by atoms with Crippen LogP contribution < -0.4 is 10.1 Å². The molecule has 0 saturated carbocycles. The van der Waals surface area contributed by atoms with E-state index < -0.39 is 0 Å². The van der Waals surface area contributed by atoms with E-state index in [1.807, 2.05) is 61.5 Å². The first-order valence-electron chi connectivity index (χ1n) is 8.35. The number of amides is 1. The van der Waals surface area contributed by atoms with Crippen LogP contribution in [0, 0.1) is 6.92 Å². The molecule has 0 radical (unpaired) electrons. The molecular weight excluding hydrogens is 346 g/mol. The maximum atomic E-state index is 12.9. The van der Waals surface area contributed by atoms with E-state index in [2.05, 4.69) is 5.32 Å². The lowest BCUT2D eigenvalue weighted by Crippen LogP contribution is -2.29. The number of ether oxygens (including phenoxy) is 1. The maximum absolute atomic E-state index is 12.9. The molecule has 1 N–H and O–H groups in total. The Kier molecular flexibility index (Phi) is 5.59. The summed E-state index contributed by atoms with van der Waals surface area (Å²) < 4.78 is 5.15. The maximum Gasteiger partial charge on any atom is 0.252 e. The van der Waals surface area contributed by atoms with Crippen molar-refractivity contribution in [2.45, 2.75) is 13.0 Å². The van der Waals surface area contributed by atoms with Crippen molar-refractivity contribution in [3.05, 3.63) is 100 Å². The van der Waals surface area contributed by atoms with E-state index >= 15 is 0 Å². The number of carbonyl (C=O) groups excluding carboxylic acids is 1. The number of nitrogens with one attached hydrogen (secondary N) is 1. The summed E-state index contributed by atoms with van der Waals surface area (Å²) in [6, 6.07) is 22.8. The molecule has 132 valence electrons. The third-order valence-electron chi connectivity index (χ3n) is 4.32. The predicted molar refractivity (Wildman–Crippen MR) is 105 cm³/mol. The van der Waals surface area contributed by atoms with Crippen molar-refractivity contribution in [2.24, 2.45) is 0 Å². The smallest absolute Gasteiger partial charge is 0.252 e. The predicted octanol–water partition coefficient (Wildman–Crippen LogP) is 5.18. The Labute approximate surface area is 158 Å². The molecule has 3 aromatic rings. The number of halogens is 1. The highest BCUT2D eigenvalue weighted by Gasteiger charge is 2.19. The second-order valence-corrected chi connectivity index (χ2v) is 6.43. The first-order chi connectivity index (χ1) is 12.6. The van der Waals surface area contributed by atoms with Crippen LogP contribution >= 0.6 is 11.6 Å². The molecule has 3 aromatic carbocycles. The number of carbonyl (C=O) groups is 1. The standard InChI is InChI=1S/C22H20ClNO2/c1-15-8-6-7-11-18(15)21(16-9-4-3-5-10-16)24-22(25)17-12-13-20(26-2)19(23)14-17/h3-14,21H,1-2H3,(H,24,25)/t21-/m1/s1. The molecule has 3 nitrogen and oxygen atoms in total. The Balaban J connectivity index is 1.95. The minimum absolute atomic E-state index is 0.188. The Morgan fingerprint density at radius 2 is 1.69 bits per heavy atom. The molecule has 3 rings (SSSR count). The van der Waals surface area contributed by atoms with E-state index in [9.17, 15) is 4.79 Å². The van der Waals surface area contributed by atoms with Crippen LogP contribution in [0.2, 0.25) is 5.02 Å². The molecule has 0 aliphatic carbocycles. The summed E-state index contributed by atoms with van der Waals surface area (Å²) in [6.45, 7) is 2.04. The normalized spacial score (nSPS) is 11.7. The van der Waals surface area contributed by atoms with Crippen LogP contribution in [0.1, 0.15) is 33.1 Å². The van der Waals surface area contributed by atoms with Gasteiger partial charge in [-0.3, -0.25) is 4.79 Å². The minimum atomic E-state index is -0.245. The van der Waals surface area contributed by atoms with Crippen LogP contribution in [0.5, 0.6) is 5.75 Å². The summed E-state index contributed by atoms with van der Waals surface area (Å²) in [5.74, 6) is 0.355. The molecule has 4 heteroatoms. The molecular formula is C22H20ClNO2. The second kappa shape index (κ2) is 8.07. The van der Waals surface area contributed by atoms with Crippen LogP contribution in [-0.2, 0) is 0 Å².